The maximum Gasteiger partial charge on any atom is 0.241 e. The molecule has 17 heavy (non-hydrogen) atoms. The summed E-state index contributed by atoms with van der Waals surface area (Å²) in [5, 5.41) is 0. The number of carbonyl (C=O) groups is 1. The van der Waals surface area contributed by atoms with Gasteiger partial charge in [0, 0.05) is 0 Å². The lowest BCUT2D eigenvalue weighted by Gasteiger charge is -2.27. The molecule has 1 amide bonds. The fourth-order valence-corrected chi connectivity index (χ4v) is 2.76. The second-order valence-electron chi connectivity index (χ2n) is 3.98. The molecule has 0 heterocycles. The van der Waals surface area contributed by atoms with E-state index in [0.717, 1.165) is 16.1 Å². The van der Waals surface area contributed by atoms with Gasteiger partial charge in [-0.2, -0.15) is 0 Å². The Morgan fingerprint density at radius 3 is 2.41 bits per heavy atom. The third-order valence-corrected chi connectivity index (χ3v) is 3.62. The predicted molar refractivity (Wildman–Crippen MR) is 67.2 cm³/mol. The van der Waals surface area contributed by atoms with Crippen LogP contribution in [0.2, 0.25) is 0 Å². The minimum atomic E-state index is -3.55. The Morgan fingerprint density at radius 1 is 1.41 bits per heavy atom. The maximum absolute atomic E-state index is 11.7. The normalized spacial score (nSPS) is 13.1. The van der Waals surface area contributed by atoms with E-state index in [0.29, 0.717) is 5.69 Å². The zero-order valence-corrected chi connectivity index (χ0v) is 10.9. The van der Waals surface area contributed by atoms with Crippen molar-refractivity contribution >= 4 is 21.6 Å². The second kappa shape index (κ2) is 4.75. The molecule has 1 aromatic carbocycles. The lowest BCUT2D eigenvalue weighted by atomic mass is 10.2. The molecule has 94 valence electrons. The molecule has 0 spiro atoms. The number of carbonyl (C=O) groups excluding carboxylic acids is 1. The molecule has 0 aliphatic rings. The summed E-state index contributed by atoms with van der Waals surface area (Å²) in [4.78, 5) is 11.2. The van der Waals surface area contributed by atoms with Gasteiger partial charge in [-0.3, -0.25) is 9.10 Å². The molecular weight excluding hydrogens is 240 g/mol. The zero-order chi connectivity index (χ0) is 13.2. The van der Waals surface area contributed by atoms with Crippen molar-refractivity contribution < 1.29 is 13.2 Å². The highest BCUT2D eigenvalue weighted by Gasteiger charge is 2.27. The highest BCUT2D eigenvalue weighted by molar-refractivity contribution is 7.92. The minimum Gasteiger partial charge on any atom is -0.368 e. The number of rotatable bonds is 4. The molecule has 0 aliphatic carbocycles. The quantitative estimate of drug-likeness (QED) is 0.858. The van der Waals surface area contributed by atoms with Gasteiger partial charge in [0.05, 0.1) is 11.9 Å². The van der Waals surface area contributed by atoms with Crippen LogP contribution in [0.15, 0.2) is 24.3 Å². The summed E-state index contributed by atoms with van der Waals surface area (Å²) in [5.41, 5.74) is 6.52. The first-order valence-electron chi connectivity index (χ1n) is 5.09. The summed E-state index contributed by atoms with van der Waals surface area (Å²) >= 11 is 0. The Hall–Kier alpha value is -1.56. The molecule has 0 saturated carbocycles. The largest absolute Gasteiger partial charge is 0.368 e. The van der Waals surface area contributed by atoms with Crippen LogP contribution in [0.3, 0.4) is 0 Å². The van der Waals surface area contributed by atoms with Crippen molar-refractivity contribution in [2.24, 2.45) is 5.73 Å². The van der Waals surface area contributed by atoms with Crippen molar-refractivity contribution in [3.8, 4) is 0 Å². The second-order valence-corrected chi connectivity index (χ2v) is 5.84. The first-order valence-corrected chi connectivity index (χ1v) is 6.93. The van der Waals surface area contributed by atoms with Crippen LogP contribution < -0.4 is 10.0 Å². The van der Waals surface area contributed by atoms with Crippen LogP contribution in [0.25, 0.3) is 0 Å². The third-order valence-electron chi connectivity index (χ3n) is 2.38. The van der Waals surface area contributed by atoms with Gasteiger partial charge in [0.2, 0.25) is 15.9 Å². The van der Waals surface area contributed by atoms with Gasteiger partial charge in [-0.1, -0.05) is 12.1 Å². The van der Waals surface area contributed by atoms with E-state index in [9.17, 15) is 13.2 Å². The fraction of sp³-hybridized carbons (Fsp3) is 0.364. The van der Waals surface area contributed by atoms with E-state index < -0.39 is 22.0 Å². The summed E-state index contributed by atoms with van der Waals surface area (Å²) < 4.78 is 24.4. The van der Waals surface area contributed by atoms with E-state index in [2.05, 4.69) is 0 Å². The molecule has 0 radical (unpaired) electrons. The van der Waals surface area contributed by atoms with Crippen LogP contribution in [-0.2, 0) is 14.8 Å². The Kier molecular flexibility index (Phi) is 3.77. The molecule has 0 unspecified atom stereocenters. The zero-order valence-electron chi connectivity index (χ0n) is 10.0. The SMILES string of the molecule is Cc1cccc(N([C@@H](C)C(N)=O)S(C)(=O)=O)c1. The Morgan fingerprint density at radius 2 is 2.00 bits per heavy atom. The summed E-state index contributed by atoms with van der Waals surface area (Å²) in [6.45, 7) is 3.31. The topological polar surface area (TPSA) is 80.5 Å². The summed E-state index contributed by atoms with van der Waals surface area (Å²) in [6, 6.07) is 6.00. The van der Waals surface area contributed by atoms with Crippen molar-refractivity contribution in [1.29, 1.82) is 0 Å². The molecular formula is C11H16N2O3S. The molecule has 0 bridgehead atoms. The highest BCUT2D eigenvalue weighted by atomic mass is 32.2. The Labute approximate surface area is 101 Å². The van der Waals surface area contributed by atoms with E-state index >= 15 is 0 Å². The number of nitrogens with two attached hydrogens (primary N) is 1. The average molecular weight is 256 g/mol. The predicted octanol–water partition coefficient (Wildman–Crippen LogP) is 0.635. The third kappa shape index (κ3) is 3.20. The van der Waals surface area contributed by atoms with Crippen molar-refractivity contribution in [2.75, 3.05) is 10.6 Å². The van der Waals surface area contributed by atoms with Gasteiger partial charge in [0.1, 0.15) is 6.04 Å². The smallest absolute Gasteiger partial charge is 0.241 e. The van der Waals surface area contributed by atoms with E-state index in [1.165, 1.54) is 6.92 Å². The van der Waals surface area contributed by atoms with Gasteiger partial charge in [-0.25, -0.2) is 8.42 Å². The van der Waals surface area contributed by atoms with Crippen LogP contribution in [-0.4, -0.2) is 26.6 Å². The highest BCUT2D eigenvalue weighted by Crippen LogP contribution is 2.21. The van der Waals surface area contributed by atoms with Crippen LogP contribution in [0.1, 0.15) is 12.5 Å². The van der Waals surface area contributed by atoms with Gasteiger partial charge in [-0.15, -0.1) is 0 Å². The molecule has 5 nitrogen and oxygen atoms in total. The number of amides is 1. The molecule has 2 N–H and O–H groups in total. The molecule has 6 heteroatoms. The van der Waals surface area contributed by atoms with Crippen molar-refractivity contribution in [2.45, 2.75) is 19.9 Å². The van der Waals surface area contributed by atoms with Crippen LogP contribution >= 0.6 is 0 Å². The first kappa shape index (κ1) is 13.5. The molecule has 0 fully saturated rings. The first-order chi connectivity index (χ1) is 7.73. The molecule has 0 saturated heterocycles. The molecule has 0 aliphatic heterocycles. The Balaban J connectivity index is 3.30. The monoisotopic (exact) mass is 256 g/mol. The van der Waals surface area contributed by atoms with E-state index in [-0.39, 0.29) is 0 Å². The summed E-state index contributed by atoms with van der Waals surface area (Å²) in [7, 11) is -3.55. The number of primary amides is 1. The van der Waals surface area contributed by atoms with Crippen LogP contribution in [0.5, 0.6) is 0 Å². The van der Waals surface area contributed by atoms with Gasteiger partial charge in [0.25, 0.3) is 0 Å². The van der Waals surface area contributed by atoms with Gasteiger partial charge in [0.15, 0.2) is 0 Å². The fourth-order valence-electron chi connectivity index (χ4n) is 1.58. The van der Waals surface area contributed by atoms with Gasteiger partial charge in [-0.05, 0) is 31.5 Å². The number of benzene rings is 1. The maximum atomic E-state index is 11.7. The van der Waals surface area contributed by atoms with E-state index in [4.69, 9.17) is 5.73 Å². The number of nitrogens with zero attached hydrogens (tertiary/aromatic N) is 1. The molecule has 1 atom stereocenters. The summed E-state index contributed by atoms with van der Waals surface area (Å²) in [5.74, 6) is -0.683. The number of hydrogen-bond donors (Lipinski definition) is 1. The minimum absolute atomic E-state index is 0.443. The number of hydrogen-bond acceptors (Lipinski definition) is 3. The molecule has 1 aromatic rings. The Bertz CT molecular complexity index is 525. The number of aryl methyl sites for hydroxylation is 1. The average Bonchev–Trinajstić information content (AvgIpc) is 2.15. The lowest BCUT2D eigenvalue weighted by Crippen LogP contribution is -2.45. The van der Waals surface area contributed by atoms with Gasteiger partial charge < -0.3 is 5.73 Å². The van der Waals surface area contributed by atoms with Crippen LogP contribution in [0.4, 0.5) is 5.69 Å². The van der Waals surface area contributed by atoms with E-state index in [1.54, 1.807) is 18.2 Å². The number of sulfonamides is 1. The van der Waals surface area contributed by atoms with Crippen molar-refractivity contribution in [3.05, 3.63) is 29.8 Å². The van der Waals surface area contributed by atoms with Crippen molar-refractivity contribution in [1.82, 2.24) is 0 Å². The molecule has 1 rings (SSSR count). The number of anilines is 1. The van der Waals surface area contributed by atoms with Gasteiger partial charge >= 0.3 is 0 Å². The molecule has 0 aromatic heterocycles. The van der Waals surface area contributed by atoms with E-state index in [1.807, 2.05) is 13.0 Å². The lowest BCUT2D eigenvalue weighted by molar-refractivity contribution is -0.118. The summed E-state index contributed by atoms with van der Waals surface area (Å²) in [6.07, 6.45) is 1.05. The van der Waals surface area contributed by atoms with Crippen LogP contribution in [0, 0.1) is 6.92 Å². The van der Waals surface area contributed by atoms with Crippen molar-refractivity contribution in [3.63, 3.8) is 0 Å². The standard InChI is InChI=1S/C11H16N2O3S/c1-8-5-4-6-10(7-8)13(17(3,15)16)9(2)11(12)14/h4-7,9H,1-3H3,(H2,12,14)/t9-/m0/s1.